The fourth-order valence-corrected chi connectivity index (χ4v) is 1.86. The van der Waals surface area contributed by atoms with Gasteiger partial charge in [0.2, 0.25) is 0 Å². The van der Waals surface area contributed by atoms with E-state index in [1.165, 1.54) is 12.1 Å². The van der Waals surface area contributed by atoms with Crippen LogP contribution in [0.25, 0.3) is 0 Å². The van der Waals surface area contributed by atoms with Crippen molar-refractivity contribution in [3.63, 3.8) is 0 Å². The van der Waals surface area contributed by atoms with Crippen molar-refractivity contribution < 1.29 is 13.6 Å². The lowest BCUT2D eigenvalue weighted by Crippen LogP contribution is -2.01. The number of oxime groups is 1. The van der Waals surface area contributed by atoms with Crippen LogP contribution in [0.1, 0.15) is 18.9 Å². The average molecular weight is 227 g/mol. The van der Waals surface area contributed by atoms with Gasteiger partial charge in [-0.25, -0.2) is 8.42 Å². The minimum atomic E-state index is -3.16. The van der Waals surface area contributed by atoms with Crippen molar-refractivity contribution in [2.24, 2.45) is 5.16 Å². The molecule has 1 N–H and O–H groups in total. The molecular formula is C10H13NO3S. The van der Waals surface area contributed by atoms with Crippen LogP contribution in [-0.4, -0.2) is 25.6 Å². The Morgan fingerprint density at radius 2 is 1.87 bits per heavy atom. The summed E-state index contributed by atoms with van der Waals surface area (Å²) in [4.78, 5) is 0.264. The van der Waals surface area contributed by atoms with Crippen LogP contribution in [0.15, 0.2) is 34.3 Å². The van der Waals surface area contributed by atoms with Gasteiger partial charge in [-0.1, -0.05) is 24.2 Å². The highest BCUT2D eigenvalue weighted by Gasteiger charge is 2.07. The number of benzene rings is 1. The molecule has 0 aromatic heterocycles. The van der Waals surface area contributed by atoms with Crippen molar-refractivity contribution >= 4 is 15.5 Å². The highest BCUT2D eigenvalue weighted by atomic mass is 32.2. The van der Waals surface area contributed by atoms with Gasteiger partial charge in [-0.2, -0.15) is 0 Å². The second-order valence-corrected chi connectivity index (χ2v) is 5.21. The number of hydrogen-bond donors (Lipinski definition) is 1. The molecule has 0 unspecified atom stereocenters. The molecule has 0 saturated heterocycles. The molecule has 0 radical (unpaired) electrons. The third-order valence-corrected chi connectivity index (χ3v) is 3.20. The van der Waals surface area contributed by atoms with Crippen molar-refractivity contribution in [3.8, 4) is 0 Å². The van der Waals surface area contributed by atoms with Gasteiger partial charge in [0, 0.05) is 6.26 Å². The van der Waals surface area contributed by atoms with Gasteiger partial charge < -0.3 is 5.21 Å². The number of rotatable bonds is 3. The van der Waals surface area contributed by atoms with Crippen LogP contribution in [0.5, 0.6) is 0 Å². The minimum Gasteiger partial charge on any atom is -0.411 e. The maximum Gasteiger partial charge on any atom is 0.175 e. The van der Waals surface area contributed by atoms with E-state index in [-0.39, 0.29) is 4.90 Å². The van der Waals surface area contributed by atoms with Crippen molar-refractivity contribution in [3.05, 3.63) is 29.8 Å². The summed E-state index contributed by atoms with van der Waals surface area (Å²) >= 11 is 0. The Bertz CT molecular complexity index is 460. The van der Waals surface area contributed by atoms with Crippen molar-refractivity contribution in [1.82, 2.24) is 0 Å². The summed E-state index contributed by atoms with van der Waals surface area (Å²) in [6.07, 6.45) is 1.75. The van der Waals surface area contributed by atoms with E-state index in [0.29, 0.717) is 12.1 Å². The highest BCUT2D eigenvalue weighted by Crippen LogP contribution is 2.12. The van der Waals surface area contributed by atoms with Crippen molar-refractivity contribution in [1.29, 1.82) is 0 Å². The van der Waals surface area contributed by atoms with Gasteiger partial charge in [-0.05, 0) is 24.1 Å². The monoisotopic (exact) mass is 227 g/mol. The quantitative estimate of drug-likeness (QED) is 0.485. The van der Waals surface area contributed by atoms with Crippen LogP contribution in [0.3, 0.4) is 0 Å². The van der Waals surface area contributed by atoms with Crippen LogP contribution >= 0.6 is 0 Å². The summed E-state index contributed by atoms with van der Waals surface area (Å²) in [5, 5.41) is 11.8. The fraction of sp³-hybridized carbons (Fsp3) is 0.300. The SMILES string of the molecule is CCC(=NO)c1ccc(S(C)(=O)=O)cc1. The van der Waals surface area contributed by atoms with Crippen molar-refractivity contribution in [2.75, 3.05) is 6.26 Å². The van der Waals surface area contributed by atoms with E-state index in [4.69, 9.17) is 5.21 Å². The first kappa shape index (κ1) is 11.7. The molecule has 0 saturated carbocycles. The fourth-order valence-electron chi connectivity index (χ4n) is 1.23. The molecule has 0 spiro atoms. The Morgan fingerprint density at radius 3 is 2.20 bits per heavy atom. The standard InChI is InChI=1S/C10H13NO3S/c1-3-10(11-12)8-4-6-9(7-5-8)15(2,13)14/h4-7,12H,3H2,1-2H3. The molecule has 15 heavy (non-hydrogen) atoms. The minimum absolute atomic E-state index is 0.264. The van der Waals surface area contributed by atoms with Gasteiger partial charge in [-0.3, -0.25) is 0 Å². The van der Waals surface area contributed by atoms with E-state index >= 15 is 0 Å². The van der Waals surface area contributed by atoms with E-state index in [0.717, 1.165) is 11.8 Å². The Balaban J connectivity index is 3.11. The Labute approximate surface area is 89.2 Å². The third-order valence-electron chi connectivity index (χ3n) is 2.07. The first-order valence-corrected chi connectivity index (χ1v) is 6.39. The van der Waals surface area contributed by atoms with Gasteiger partial charge >= 0.3 is 0 Å². The number of sulfone groups is 1. The van der Waals surface area contributed by atoms with E-state index in [1.807, 2.05) is 6.92 Å². The van der Waals surface area contributed by atoms with Crippen LogP contribution in [0.2, 0.25) is 0 Å². The molecule has 0 heterocycles. The lowest BCUT2D eigenvalue weighted by atomic mass is 10.1. The zero-order valence-corrected chi connectivity index (χ0v) is 9.45. The average Bonchev–Trinajstić information content (AvgIpc) is 2.19. The molecular weight excluding hydrogens is 214 g/mol. The van der Waals surface area contributed by atoms with Gasteiger partial charge in [-0.15, -0.1) is 0 Å². The molecule has 4 nitrogen and oxygen atoms in total. The lowest BCUT2D eigenvalue weighted by Gasteiger charge is -2.02. The van der Waals surface area contributed by atoms with Gasteiger partial charge in [0.05, 0.1) is 10.6 Å². The zero-order valence-electron chi connectivity index (χ0n) is 8.64. The lowest BCUT2D eigenvalue weighted by molar-refractivity contribution is 0.318. The van der Waals surface area contributed by atoms with Crippen LogP contribution in [-0.2, 0) is 9.84 Å². The Hall–Kier alpha value is -1.36. The summed E-state index contributed by atoms with van der Waals surface area (Å²) in [5.41, 5.74) is 1.27. The summed E-state index contributed by atoms with van der Waals surface area (Å²) < 4.78 is 22.3. The summed E-state index contributed by atoms with van der Waals surface area (Å²) in [7, 11) is -3.16. The van der Waals surface area contributed by atoms with Gasteiger partial charge in [0.15, 0.2) is 9.84 Å². The normalized spacial score (nSPS) is 12.8. The summed E-state index contributed by atoms with van der Waals surface area (Å²) in [6.45, 7) is 1.86. The Kier molecular flexibility index (Phi) is 3.47. The molecule has 1 rings (SSSR count). The van der Waals surface area contributed by atoms with Gasteiger partial charge in [0.25, 0.3) is 0 Å². The van der Waals surface area contributed by atoms with Crippen molar-refractivity contribution in [2.45, 2.75) is 18.2 Å². The van der Waals surface area contributed by atoms with E-state index in [9.17, 15) is 8.42 Å². The molecule has 0 bridgehead atoms. The highest BCUT2D eigenvalue weighted by molar-refractivity contribution is 7.90. The number of nitrogens with zero attached hydrogens (tertiary/aromatic N) is 1. The molecule has 1 aromatic rings. The topological polar surface area (TPSA) is 66.7 Å². The van der Waals surface area contributed by atoms with E-state index in [2.05, 4.69) is 5.16 Å². The predicted octanol–water partition coefficient (Wildman–Crippen LogP) is 1.68. The van der Waals surface area contributed by atoms with Crippen LogP contribution in [0.4, 0.5) is 0 Å². The molecule has 0 aliphatic heterocycles. The molecule has 0 amide bonds. The molecule has 0 fully saturated rings. The molecule has 0 aliphatic rings. The largest absolute Gasteiger partial charge is 0.411 e. The summed E-state index contributed by atoms with van der Waals surface area (Å²) in [5.74, 6) is 0. The third kappa shape index (κ3) is 2.79. The molecule has 1 aromatic carbocycles. The first-order valence-electron chi connectivity index (χ1n) is 4.50. The van der Waals surface area contributed by atoms with Crippen LogP contribution in [0, 0.1) is 0 Å². The maximum atomic E-state index is 11.2. The van der Waals surface area contributed by atoms with E-state index in [1.54, 1.807) is 12.1 Å². The molecule has 82 valence electrons. The van der Waals surface area contributed by atoms with E-state index < -0.39 is 9.84 Å². The summed E-state index contributed by atoms with van der Waals surface area (Å²) in [6, 6.07) is 6.28. The molecule has 0 atom stereocenters. The smallest absolute Gasteiger partial charge is 0.175 e. The zero-order chi connectivity index (χ0) is 11.5. The maximum absolute atomic E-state index is 11.2. The predicted molar refractivity (Wildman–Crippen MR) is 58.2 cm³/mol. The second kappa shape index (κ2) is 4.44. The van der Waals surface area contributed by atoms with Crippen LogP contribution < -0.4 is 0 Å². The molecule has 5 heteroatoms. The molecule has 0 aliphatic carbocycles. The Morgan fingerprint density at radius 1 is 1.33 bits per heavy atom. The van der Waals surface area contributed by atoms with Gasteiger partial charge in [0.1, 0.15) is 0 Å². The first-order chi connectivity index (χ1) is 6.99. The number of hydrogen-bond acceptors (Lipinski definition) is 4. The second-order valence-electron chi connectivity index (χ2n) is 3.20.